The van der Waals surface area contributed by atoms with E-state index in [0.717, 1.165) is 26.1 Å². The van der Waals surface area contributed by atoms with E-state index in [9.17, 15) is 0 Å². The lowest BCUT2D eigenvalue weighted by atomic mass is 9.98. The van der Waals surface area contributed by atoms with Gasteiger partial charge in [-0.15, -0.1) is 0 Å². The van der Waals surface area contributed by atoms with Crippen LogP contribution in [0.2, 0.25) is 0 Å². The molecule has 0 radical (unpaired) electrons. The third-order valence-electron chi connectivity index (χ3n) is 4.23. The Morgan fingerprint density at radius 3 is 2.72 bits per heavy atom. The second kappa shape index (κ2) is 6.31. The van der Waals surface area contributed by atoms with Gasteiger partial charge in [0, 0.05) is 13.1 Å². The summed E-state index contributed by atoms with van der Waals surface area (Å²) in [7, 11) is 0. The number of ether oxygens (including phenoxy) is 1. The molecule has 1 aliphatic carbocycles. The van der Waals surface area contributed by atoms with E-state index in [2.05, 4.69) is 11.8 Å². The Hall–Kier alpha value is -0.190. The normalized spacial score (nSPS) is 26.2. The van der Waals surface area contributed by atoms with Gasteiger partial charge in [-0.2, -0.15) is 0 Å². The van der Waals surface area contributed by atoms with Crippen molar-refractivity contribution in [1.29, 1.82) is 0 Å². The quantitative estimate of drug-likeness (QED) is 0.753. The van der Waals surface area contributed by atoms with Gasteiger partial charge in [-0.25, -0.2) is 0 Å². The lowest BCUT2D eigenvalue weighted by Gasteiger charge is -2.27. The molecule has 2 rings (SSSR count). The number of nitrogens with zero attached hydrogens (tertiary/aromatic N) is 1. The summed E-state index contributed by atoms with van der Waals surface area (Å²) >= 11 is 5.02. The Morgan fingerprint density at radius 1 is 1.39 bits per heavy atom. The zero-order valence-electron chi connectivity index (χ0n) is 11.5. The third-order valence-corrected chi connectivity index (χ3v) is 4.36. The minimum atomic E-state index is 0.242. The van der Waals surface area contributed by atoms with Gasteiger partial charge in [0.1, 0.15) is 0 Å². The fourth-order valence-corrected chi connectivity index (χ4v) is 3.65. The van der Waals surface area contributed by atoms with Crippen LogP contribution in [0.25, 0.3) is 0 Å². The second-order valence-corrected chi connectivity index (χ2v) is 6.39. The molecular formula is C14H26N2OS. The topological polar surface area (TPSA) is 38.5 Å². The summed E-state index contributed by atoms with van der Waals surface area (Å²) in [5, 5.41) is 0. The van der Waals surface area contributed by atoms with Crippen LogP contribution in [-0.4, -0.2) is 41.2 Å². The van der Waals surface area contributed by atoms with Crippen molar-refractivity contribution >= 4 is 17.2 Å². The Labute approximate surface area is 116 Å². The minimum Gasteiger partial charge on any atom is -0.392 e. The van der Waals surface area contributed by atoms with Crippen LogP contribution in [0.4, 0.5) is 0 Å². The molecule has 0 aromatic carbocycles. The molecule has 0 aromatic heterocycles. The fourth-order valence-electron chi connectivity index (χ4n) is 3.47. The average molecular weight is 270 g/mol. The van der Waals surface area contributed by atoms with Crippen LogP contribution in [0.15, 0.2) is 0 Å². The Balaban J connectivity index is 1.82. The molecule has 0 aromatic rings. The van der Waals surface area contributed by atoms with E-state index in [1.54, 1.807) is 0 Å². The SMILES string of the molecule is CCCN(CC(N)=S)CC1CCC2(CCCC2)O1. The van der Waals surface area contributed by atoms with E-state index in [1.807, 2.05) is 0 Å². The zero-order valence-corrected chi connectivity index (χ0v) is 12.3. The summed E-state index contributed by atoms with van der Waals surface area (Å²) < 4.78 is 6.34. The summed E-state index contributed by atoms with van der Waals surface area (Å²) in [6.45, 7) is 4.98. The predicted octanol–water partition coefficient (Wildman–Crippen LogP) is 2.48. The highest BCUT2D eigenvalue weighted by atomic mass is 32.1. The van der Waals surface area contributed by atoms with Crippen LogP contribution in [-0.2, 0) is 4.74 Å². The van der Waals surface area contributed by atoms with E-state index in [4.69, 9.17) is 22.7 Å². The van der Waals surface area contributed by atoms with Crippen LogP contribution in [0.1, 0.15) is 51.9 Å². The molecule has 0 amide bonds. The van der Waals surface area contributed by atoms with Crippen molar-refractivity contribution in [3.05, 3.63) is 0 Å². The van der Waals surface area contributed by atoms with E-state index < -0.39 is 0 Å². The number of nitrogens with two attached hydrogens (primary N) is 1. The lowest BCUT2D eigenvalue weighted by Crippen LogP contribution is -2.39. The molecule has 104 valence electrons. The molecule has 2 aliphatic rings. The highest BCUT2D eigenvalue weighted by Crippen LogP contribution is 2.43. The summed E-state index contributed by atoms with van der Waals surface area (Å²) in [6, 6.07) is 0. The molecule has 1 unspecified atom stereocenters. The van der Waals surface area contributed by atoms with Crippen molar-refractivity contribution in [1.82, 2.24) is 4.90 Å². The highest BCUT2D eigenvalue weighted by molar-refractivity contribution is 7.80. The van der Waals surface area contributed by atoms with Crippen molar-refractivity contribution in [2.24, 2.45) is 5.73 Å². The lowest BCUT2D eigenvalue weighted by molar-refractivity contribution is -0.0459. The smallest absolute Gasteiger partial charge is 0.0870 e. The predicted molar refractivity (Wildman–Crippen MR) is 78.8 cm³/mol. The number of rotatable bonds is 6. The van der Waals surface area contributed by atoms with Crippen molar-refractivity contribution in [3.8, 4) is 0 Å². The molecule has 3 nitrogen and oxygen atoms in total. The largest absolute Gasteiger partial charge is 0.392 e. The Kier molecular flexibility index (Phi) is 4.98. The Bertz CT molecular complexity index is 290. The summed E-state index contributed by atoms with van der Waals surface area (Å²) in [5.41, 5.74) is 5.90. The van der Waals surface area contributed by atoms with Gasteiger partial charge in [-0.3, -0.25) is 4.90 Å². The van der Waals surface area contributed by atoms with E-state index >= 15 is 0 Å². The monoisotopic (exact) mass is 270 g/mol. The van der Waals surface area contributed by atoms with Gasteiger partial charge >= 0.3 is 0 Å². The van der Waals surface area contributed by atoms with Crippen molar-refractivity contribution in [2.75, 3.05) is 19.6 Å². The number of hydrogen-bond donors (Lipinski definition) is 1. The van der Waals surface area contributed by atoms with Crippen LogP contribution >= 0.6 is 12.2 Å². The van der Waals surface area contributed by atoms with Gasteiger partial charge in [0.2, 0.25) is 0 Å². The number of thiocarbonyl (C=S) groups is 1. The van der Waals surface area contributed by atoms with Gasteiger partial charge in [0.05, 0.1) is 16.7 Å². The Morgan fingerprint density at radius 2 is 2.11 bits per heavy atom. The van der Waals surface area contributed by atoms with Crippen LogP contribution in [0.5, 0.6) is 0 Å². The van der Waals surface area contributed by atoms with Gasteiger partial charge in [-0.1, -0.05) is 32.0 Å². The van der Waals surface area contributed by atoms with Gasteiger partial charge in [0.25, 0.3) is 0 Å². The standard InChI is InChI=1S/C14H26N2OS/c1-2-9-16(11-13(15)18)10-12-5-8-14(17-12)6-3-4-7-14/h12H,2-11H2,1H3,(H2,15,18). The van der Waals surface area contributed by atoms with Crippen molar-refractivity contribution < 1.29 is 4.74 Å². The van der Waals surface area contributed by atoms with E-state index in [0.29, 0.717) is 11.1 Å². The first-order chi connectivity index (χ1) is 8.63. The first kappa shape index (κ1) is 14.2. The molecule has 1 saturated heterocycles. The molecular weight excluding hydrogens is 244 g/mol. The van der Waals surface area contributed by atoms with Crippen LogP contribution in [0, 0.1) is 0 Å². The summed E-state index contributed by atoms with van der Waals surface area (Å²) in [4.78, 5) is 2.94. The molecule has 1 saturated carbocycles. The van der Waals surface area contributed by atoms with Crippen LogP contribution < -0.4 is 5.73 Å². The third kappa shape index (κ3) is 3.65. The molecule has 2 N–H and O–H groups in total. The van der Waals surface area contributed by atoms with Crippen molar-refractivity contribution in [2.45, 2.75) is 63.6 Å². The molecule has 18 heavy (non-hydrogen) atoms. The number of hydrogen-bond acceptors (Lipinski definition) is 3. The minimum absolute atomic E-state index is 0.242. The van der Waals surface area contributed by atoms with Crippen LogP contribution in [0.3, 0.4) is 0 Å². The average Bonchev–Trinajstić information content (AvgIpc) is 2.90. The van der Waals surface area contributed by atoms with Gasteiger partial charge in [0.15, 0.2) is 0 Å². The first-order valence-electron chi connectivity index (χ1n) is 7.32. The fraction of sp³-hybridized carbons (Fsp3) is 0.929. The zero-order chi connectivity index (χ0) is 13.0. The molecule has 2 fully saturated rings. The molecule has 0 bridgehead atoms. The van der Waals surface area contributed by atoms with E-state index in [1.165, 1.54) is 38.5 Å². The summed E-state index contributed by atoms with van der Waals surface area (Å²) in [5.74, 6) is 0. The van der Waals surface area contributed by atoms with Gasteiger partial charge in [-0.05, 0) is 38.6 Å². The maximum Gasteiger partial charge on any atom is 0.0870 e. The molecule has 4 heteroatoms. The van der Waals surface area contributed by atoms with Gasteiger partial charge < -0.3 is 10.5 Å². The molecule has 1 atom stereocenters. The second-order valence-electron chi connectivity index (χ2n) is 5.87. The maximum absolute atomic E-state index is 6.34. The first-order valence-corrected chi connectivity index (χ1v) is 7.73. The maximum atomic E-state index is 6.34. The molecule has 1 heterocycles. The molecule has 1 aliphatic heterocycles. The summed E-state index contributed by atoms with van der Waals surface area (Å²) in [6.07, 6.45) is 9.22. The van der Waals surface area contributed by atoms with E-state index in [-0.39, 0.29) is 5.60 Å². The van der Waals surface area contributed by atoms with Crippen molar-refractivity contribution in [3.63, 3.8) is 0 Å². The highest BCUT2D eigenvalue weighted by Gasteiger charge is 2.42. The molecule has 1 spiro atoms.